The van der Waals surface area contributed by atoms with E-state index in [4.69, 9.17) is 0 Å². The third kappa shape index (κ3) is 1.48. The Morgan fingerprint density at radius 2 is 2.06 bits per heavy atom. The largest absolute Gasteiger partial charge is 0.329 e. The van der Waals surface area contributed by atoms with E-state index in [1.807, 2.05) is 0 Å². The maximum atomic E-state index is 12.1. The fraction of sp³-hybridized carbons (Fsp3) is 0.455. The molecule has 3 rings (SSSR count). The van der Waals surface area contributed by atoms with Crippen molar-refractivity contribution in [1.29, 1.82) is 0 Å². The van der Waals surface area contributed by atoms with E-state index in [1.165, 1.54) is 23.3 Å². The van der Waals surface area contributed by atoms with Crippen LogP contribution in [0.25, 0.3) is 10.2 Å². The number of nitrogens with one attached hydrogen (secondary N) is 1. The van der Waals surface area contributed by atoms with Crippen molar-refractivity contribution >= 4 is 21.6 Å². The highest BCUT2D eigenvalue weighted by Gasteiger charge is 2.21. The molecule has 2 aromatic heterocycles. The highest BCUT2D eigenvalue weighted by Crippen LogP contribution is 2.31. The smallest absolute Gasteiger partial charge is 0.301 e. The van der Waals surface area contributed by atoms with Crippen molar-refractivity contribution in [2.45, 2.75) is 13.0 Å². The summed E-state index contributed by atoms with van der Waals surface area (Å²) in [6.07, 6.45) is 0.882. The Hall–Kier alpha value is -1.40. The zero-order valence-electron chi connectivity index (χ0n) is 9.74. The highest BCUT2D eigenvalue weighted by atomic mass is 32.1. The summed E-state index contributed by atoms with van der Waals surface area (Å²) in [7, 11) is 3.58. The van der Waals surface area contributed by atoms with Gasteiger partial charge in [0.05, 0.1) is 5.39 Å². The summed E-state index contributed by atoms with van der Waals surface area (Å²) >= 11 is 1.53. The standard InChI is InChI=1S/C11H13N3O2S/c1-13-4-3-6-7(5-13)17-9-8(6)10(15)14(2)11(16)12-9/h3-5H2,1-2H3,(H,12,16). The predicted molar refractivity (Wildman–Crippen MR) is 67.7 cm³/mol. The van der Waals surface area contributed by atoms with Crippen molar-refractivity contribution in [2.75, 3.05) is 13.6 Å². The van der Waals surface area contributed by atoms with Gasteiger partial charge in [0.2, 0.25) is 0 Å². The van der Waals surface area contributed by atoms with Gasteiger partial charge >= 0.3 is 5.69 Å². The minimum atomic E-state index is -0.338. The van der Waals surface area contributed by atoms with Crippen LogP contribution in [-0.4, -0.2) is 28.0 Å². The lowest BCUT2D eigenvalue weighted by Crippen LogP contribution is -2.33. The SMILES string of the molecule is CN1CCc2c(sc3[nH]c(=O)n(C)c(=O)c23)C1. The monoisotopic (exact) mass is 251 g/mol. The fourth-order valence-electron chi connectivity index (χ4n) is 2.29. The molecule has 0 aromatic carbocycles. The van der Waals surface area contributed by atoms with Gasteiger partial charge in [0, 0.05) is 25.0 Å². The van der Waals surface area contributed by atoms with Crippen molar-refractivity contribution in [3.63, 3.8) is 0 Å². The van der Waals surface area contributed by atoms with Gasteiger partial charge in [-0.2, -0.15) is 0 Å². The minimum absolute atomic E-state index is 0.175. The number of fused-ring (bicyclic) bond motifs is 3. The molecule has 5 nitrogen and oxygen atoms in total. The van der Waals surface area contributed by atoms with Crippen molar-refractivity contribution < 1.29 is 0 Å². The van der Waals surface area contributed by atoms with Crippen LogP contribution < -0.4 is 11.2 Å². The molecule has 17 heavy (non-hydrogen) atoms. The van der Waals surface area contributed by atoms with Gasteiger partial charge in [0.1, 0.15) is 4.83 Å². The molecule has 0 atom stereocenters. The number of aromatic nitrogens is 2. The molecule has 2 aromatic rings. The molecule has 1 aliphatic heterocycles. The van der Waals surface area contributed by atoms with Gasteiger partial charge in [0.25, 0.3) is 5.56 Å². The first-order chi connectivity index (χ1) is 8.08. The topological polar surface area (TPSA) is 58.1 Å². The molecule has 0 amide bonds. The maximum Gasteiger partial charge on any atom is 0.329 e. The van der Waals surface area contributed by atoms with Crippen LogP contribution in [0.15, 0.2) is 9.59 Å². The summed E-state index contributed by atoms with van der Waals surface area (Å²) in [6.45, 7) is 1.82. The van der Waals surface area contributed by atoms with E-state index < -0.39 is 0 Å². The van der Waals surface area contributed by atoms with Crippen molar-refractivity contribution in [3.05, 3.63) is 31.3 Å². The van der Waals surface area contributed by atoms with E-state index in [2.05, 4.69) is 16.9 Å². The second kappa shape index (κ2) is 3.54. The highest BCUT2D eigenvalue weighted by molar-refractivity contribution is 7.18. The van der Waals surface area contributed by atoms with Crippen molar-refractivity contribution in [3.8, 4) is 0 Å². The number of thiophene rings is 1. The van der Waals surface area contributed by atoms with E-state index in [0.717, 1.165) is 34.5 Å². The van der Waals surface area contributed by atoms with Gasteiger partial charge in [0.15, 0.2) is 0 Å². The van der Waals surface area contributed by atoms with Gasteiger partial charge in [-0.15, -0.1) is 11.3 Å². The summed E-state index contributed by atoms with van der Waals surface area (Å²) in [6, 6.07) is 0. The first-order valence-corrected chi connectivity index (χ1v) is 6.31. The van der Waals surface area contributed by atoms with E-state index in [1.54, 1.807) is 0 Å². The molecule has 0 saturated carbocycles. The number of hydrogen-bond donors (Lipinski definition) is 1. The van der Waals surface area contributed by atoms with E-state index in [9.17, 15) is 9.59 Å². The molecule has 3 heterocycles. The first kappa shape index (κ1) is 10.7. The van der Waals surface area contributed by atoms with E-state index in [0.29, 0.717) is 5.39 Å². The Labute approximate surface area is 101 Å². The number of aromatic amines is 1. The number of likely N-dealkylation sites (N-methyl/N-ethyl adjacent to an activating group) is 1. The summed E-state index contributed by atoms with van der Waals surface area (Å²) < 4.78 is 1.15. The molecule has 0 spiro atoms. The molecule has 0 fully saturated rings. The number of rotatable bonds is 0. The second-order valence-corrected chi connectivity index (χ2v) is 5.60. The summed E-state index contributed by atoms with van der Waals surface area (Å²) in [4.78, 5) is 30.6. The molecule has 6 heteroatoms. The Bertz CT molecular complexity index is 710. The van der Waals surface area contributed by atoms with Crippen LogP contribution >= 0.6 is 11.3 Å². The van der Waals surface area contributed by atoms with Gasteiger partial charge in [-0.3, -0.25) is 14.3 Å². The van der Waals surface area contributed by atoms with Gasteiger partial charge in [-0.05, 0) is 19.0 Å². The zero-order valence-corrected chi connectivity index (χ0v) is 10.6. The first-order valence-electron chi connectivity index (χ1n) is 5.50. The molecule has 0 radical (unpaired) electrons. The zero-order chi connectivity index (χ0) is 12.2. The van der Waals surface area contributed by atoms with Gasteiger partial charge < -0.3 is 4.90 Å². The van der Waals surface area contributed by atoms with Crippen LogP contribution in [0.2, 0.25) is 0 Å². The lowest BCUT2D eigenvalue weighted by molar-refractivity contribution is 0.318. The number of hydrogen-bond acceptors (Lipinski definition) is 4. The molecule has 1 N–H and O–H groups in total. The van der Waals surface area contributed by atoms with Crippen LogP contribution in [0.5, 0.6) is 0 Å². The molecule has 0 aliphatic carbocycles. The van der Waals surface area contributed by atoms with Crippen LogP contribution in [0.3, 0.4) is 0 Å². The molecule has 1 aliphatic rings. The molecule has 90 valence electrons. The van der Waals surface area contributed by atoms with Gasteiger partial charge in [-0.25, -0.2) is 4.79 Å². The Kier molecular flexibility index (Phi) is 2.24. The summed E-state index contributed by atoms with van der Waals surface area (Å²) in [5.41, 5.74) is 0.611. The van der Waals surface area contributed by atoms with Gasteiger partial charge in [-0.1, -0.05) is 0 Å². The summed E-state index contributed by atoms with van der Waals surface area (Å²) in [5.74, 6) is 0. The third-order valence-corrected chi connectivity index (χ3v) is 4.42. The lowest BCUT2D eigenvalue weighted by Gasteiger charge is -2.21. The van der Waals surface area contributed by atoms with E-state index >= 15 is 0 Å². The third-order valence-electron chi connectivity index (χ3n) is 3.29. The predicted octanol–water partition coefficient (Wildman–Crippen LogP) is 0.276. The molecule has 0 bridgehead atoms. The van der Waals surface area contributed by atoms with Crippen molar-refractivity contribution in [1.82, 2.24) is 14.5 Å². The number of nitrogens with zero attached hydrogens (tertiary/aromatic N) is 2. The summed E-state index contributed by atoms with van der Waals surface area (Å²) in [5, 5.41) is 0.709. The Morgan fingerprint density at radius 1 is 1.29 bits per heavy atom. The molecule has 0 saturated heterocycles. The minimum Gasteiger partial charge on any atom is -0.301 e. The average Bonchev–Trinajstić information content (AvgIpc) is 2.63. The van der Waals surface area contributed by atoms with E-state index in [-0.39, 0.29) is 11.2 Å². The van der Waals surface area contributed by atoms with Crippen molar-refractivity contribution in [2.24, 2.45) is 7.05 Å². The molecular formula is C11H13N3O2S. The normalized spacial score (nSPS) is 16.4. The maximum absolute atomic E-state index is 12.1. The lowest BCUT2D eigenvalue weighted by atomic mass is 10.1. The van der Waals surface area contributed by atoms with Crippen LogP contribution in [0.4, 0.5) is 0 Å². The average molecular weight is 251 g/mol. The Morgan fingerprint density at radius 3 is 2.82 bits per heavy atom. The van der Waals surface area contributed by atoms with Crippen LogP contribution in [0, 0.1) is 0 Å². The van der Waals surface area contributed by atoms with Crippen LogP contribution in [0.1, 0.15) is 10.4 Å². The van der Waals surface area contributed by atoms with Crippen LogP contribution in [-0.2, 0) is 20.0 Å². The fourth-order valence-corrected chi connectivity index (χ4v) is 3.60. The molecule has 0 unspecified atom stereocenters. The quantitative estimate of drug-likeness (QED) is 0.731. The second-order valence-electron chi connectivity index (χ2n) is 4.49. The number of H-pyrrole nitrogens is 1. The molecular weight excluding hydrogens is 238 g/mol. The Balaban J connectivity index is 2.41.